The Balaban J connectivity index is 2.09. The second kappa shape index (κ2) is 5.99. The molecule has 5 nitrogen and oxygen atoms in total. The number of carboxylic acids is 1. The fraction of sp³-hybridized carbons (Fsp3) is 0.467. The van der Waals surface area contributed by atoms with Crippen molar-refractivity contribution in [1.82, 2.24) is 9.80 Å². The van der Waals surface area contributed by atoms with E-state index < -0.39 is 5.97 Å². The van der Waals surface area contributed by atoms with Crippen molar-refractivity contribution in [2.75, 3.05) is 26.7 Å². The Labute approximate surface area is 128 Å². The van der Waals surface area contributed by atoms with Crippen molar-refractivity contribution in [3.63, 3.8) is 0 Å². The number of carbonyl (C=O) groups excluding carboxylic acids is 1. The monoisotopic (exact) mass is 308 g/mol. The van der Waals surface area contributed by atoms with Gasteiger partial charge in [0.1, 0.15) is 0 Å². The lowest BCUT2D eigenvalue weighted by Crippen LogP contribution is -2.58. The molecule has 1 amide bonds. The van der Waals surface area contributed by atoms with Gasteiger partial charge in [-0.2, -0.15) is 0 Å². The average molecular weight is 308 g/mol. The topological polar surface area (TPSA) is 60.9 Å². The second-order valence-corrected chi connectivity index (χ2v) is 6.81. The standard InChI is InChI=1S/C15H20N2O3S/c1-15(2)10-17(7-6-16(15)3)14(20)11-8-12(21-9-11)4-5-13(18)19/h4-5,8-9H,6-7,10H2,1-3H3,(H,18,19). The highest BCUT2D eigenvalue weighted by Crippen LogP contribution is 2.23. The van der Waals surface area contributed by atoms with E-state index in [1.165, 1.54) is 17.4 Å². The Kier molecular flexibility index (Phi) is 4.49. The van der Waals surface area contributed by atoms with Crippen molar-refractivity contribution >= 4 is 29.3 Å². The van der Waals surface area contributed by atoms with Crippen LogP contribution in [0.1, 0.15) is 29.1 Å². The van der Waals surface area contributed by atoms with Crippen molar-refractivity contribution in [2.24, 2.45) is 0 Å². The molecule has 0 saturated carbocycles. The fourth-order valence-corrected chi connectivity index (χ4v) is 3.08. The predicted molar refractivity (Wildman–Crippen MR) is 83.6 cm³/mol. The van der Waals surface area contributed by atoms with Crippen LogP contribution in [0.15, 0.2) is 17.5 Å². The molecular weight excluding hydrogens is 288 g/mol. The highest BCUT2D eigenvalue weighted by Gasteiger charge is 2.33. The normalized spacial score (nSPS) is 19.1. The first-order valence-electron chi connectivity index (χ1n) is 6.80. The number of rotatable bonds is 3. The quantitative estimate of drug-likeness (QED) is 0.868. The summed E-state index contributed by atoms with van der Waals surface area (Å²) in [7, 11) is 2.07. The molecule has 1 aliphatic heterocycles. The molecule has 1 aromatic rings. The van der Waals surface area contributed by atoms with Crippen LogP contribution in [0.5, 0.6) is 0 Å². The largest absolute Gasteiger partial charge is 0.478 e. The summed E-state index contributed by atoms with van der Waals surface area (Å²) >= 11 is 1.38. The van der Waals surface area contributed by atoms with E-state index >= 15 is 0 Å². The van der Waals surface area contributed by atoms with E-state index in [1.807, 2.05) is 4.90 Å². The molecule has 2 rings (SSSR count). The van der Waals surface area contributed by atoms with Crippen LogP contribution in [0.3, 0.4) is 0 Å². The molecule has 1 aliphatic rings. The number of carbonyl (C=O) groups is 2. The third-order valence-electron chi connectivity index (χ3n) is 3.86. The first kappa shape index (κ1) is 15.7. The summed E-state index contributed by atoms with van der Waals surface area (Å²) in [5.74, 6) is -0.973. The predicted octanol–water partition coefficient (Wildman–Crippen LogP) is 2.01. The van der Waals surface area contributed by atoms with Gasteiger partial charge >= 0.3 is 5.97 Å². The smallest absolute Gasteiger partial charge is 0.328 e. The maximum atomic E-state index is 12.5. The van der Waals surface area contributed by atoms with Gasteiger partial charge in [0.15, 0.2) is 0 Å². The number of aliphatic carboxylic acids is 1. The minimum Gasteiger partial charge on any atom is -0.478 e. The van der Waals surface area contributed by atoms with Crippen molar-refractivity contribution in [1.29, 1.82) is 0 Å². The summed E-state index contributed by atoms with van der Waals surface area (Å²) in [6.45, 7) is 6.52. The Hall–Kier alpha value is -1.66. The Morgan fingerprint density at radius 2 is 2.10 bits per heavy atom. The molecule has 0 aromatic carbocycles. The van der Waals surface area contributed by atoms with Crippen molar-refractivity contribution < 1.29 is 14.7 Å². The number of likely N-dealkylation sites (N-methyl/N-ethyl adjacent to an activating group) is 1. The van der Waals surface area contributed by atoms with Crippen molar-refractivity contribution in [2.45, 2.75) is 19.4 Å². The molecule has 0 unspecified atom stereocenters. The number of piperazine rings is 1. The first-order chi connectivity index (χ1) is 9.79. The van der Waals surface area contributed by atoms with Crippen molar-refractivity contribution in [3.05, 3.63) is 28.0 Å². The summed E-state index contributed by atoms with van der Waals surface area (Å²) in [5.41, 5.74) is 0.598. The van der Waals surface area contributed by atoms with E-state index in [2.05, 4.69) is 25.8 Å². The number of thiophene rings is 1. The molecule has 1 fully saturated rings. The zero-order valence-corrected chi connectivity index (χ0v) is 13.3. The van der Waals surface area contributed by atoms with Crippen LogP contribution < -0.4 is 0 Å². The first-order valence-corrected chi connectivity index (χ1v) is 7.67. The van der Waals surface area contributed by atoms with Gasteiger partial charge in [-0.15, -0.1) is 11.3 Å². The van der Waals surface area contributed by atoms with Gasteiger partial charge in [-0.1, -0.05) is 0 Å². The van der Waals surface area contributed by atoms with E-state index in [9.17, 15) is 9.59 Å². The van der Waals surface area contributed by atoms with Gasteiger partial charge in [-0.25, -0.2) is 4.79 Å². The highest BCUT2D eigenvalue weighted by molar-refractivity contribution is 7.11. The lowest BCUT2D eigenvalue weighted by Gasteiger charge is -2.45. The molecule has 6 heteroatoms. The van der Waals surface area contributed by atoms with Crippen LogP contribution in [-0.4, -0.2) is 59.0 Å². The van der Waals surface area contributed by atoms with Gasteiger partial charge in [0.2, 0.25) is 0 Å². The van der Waals surface area contributed by atoms with Gasteiger partial charge in [0, 0.05) is 41.5 Å². The third-order valence-corrected chi connectivity index (χ3v) is 4.76. The minimum absolute atomic E-state index is 0.0161. The lowest BCUT2D eigenvalue weighted by atomic mass is 9.99. The van der Waals surface area contributed by atoms with Gasteiger partial charge in [0.05, 0.1) is 5.56 Å². The zero-order valence-electron chi connectivity index (χ0n) is 12.5. The number of hydrogen-bond donors (Lipinski definition) is 1. The fourth-order valence-electron chi connectivity index (χ4n) is 2.30. The van der Waals surface area contributed by atoms with Crippen LogP contribution >= 0.6 is 11.3 Å². The molecule has 1 aromatic heterocycles. The number of hydrogen-bond acceptors (Lipinski definition) is 4. The Bertz CT molecular complexity index is 577. The van der Waals surface area contributed by atoms with E-state index in [1.54, 1.807) is 11.4 Å². The van der Waals surface area contributed by atoms with Gasteiger partial charge in [-0.3, -0.25) is 9.69 Å². The average Bonchev–Trinajstić information content (AvgIpc) is 2.87. The maximum absolute atomic E-state index is 12.5. The Morgan fingerprint density at radius 3 is 2.71 bits per heavy atom. The molecule has 21 heavy (non-hydrogen) atoms. The molecular formula is C15H20N2O3S. The summed E-state index contributed by atoms with van der Waals surface area (Å²) in [6, 6.07) is 1.75. The molecule has 1 N–H and O–H groups in total. The molecule has 0 bridgehead atoms. The molecule has 1 saturated heterocycles. The number of carboxylic acid groups (broad SMARTS) is 1. The van der Waals surface area contributed by atoms with Gasteiger partial charge in [-0.05, 0) is 33.0 Å². The van der Waals surface area contributed by atoms with Crippen LogP contribution in [0, 0.1) is 0 Å². The molecule has 0 spiro atoms. The maximum Gasteiger partial charge on any atom is 0.328 e. The highest BCUT2D eigenvalue weighted by atomic mass is 32.1. The molecule has 0 atom stereocenters. The van der Waals surface area contributed by atoms with Crippen molar-refractivity contribution in [3.8, 4) is 0 Å². The SMILES string of the molecule is CN1CCN(C(=O)c2csc(C=CC(=O)O)c2)CC1(C)C. The number of nitrogens with zero attached hydrogens (tertiary/aromatic N) is 2. The van der Waals surface area contributed by atoms with Gasteiger partial charge in [0.25, 0.3) is 5.91 Å². The summed E-state index contributed by atoms with van der Waals surface area (Å²) in [6.07, 6.45) is 2.59. The van der Waals surface area contributed by atoms with E-state index in [4.69, 9.17) is 5.11 Å². The minimum atomic E-state index is -0.989. The van der Waals surface area contributed by atoms with Crippen LogP contribution in [0.2, 0.25) is 0 Å². The van der Waals surface area contributed by atoms with Crippen LogP contribution in [0.4, 0.5) is 0 Å². The third kappa shape index (κ3) is 3.71. The zero-order chi connectivity index (χ0) is 15.6. The number of amides is 1. The second-order valence-electron chi connectivity index (χ2n) is 5.87. The van der Waals surface area contributed by atoms with E-state index in [-0.39, 0.29) is 11.4 Å². The van der Waals surface area contributed by atoms with E-state index in [0.717, 1.165) is 24.0 Å². The lowest BCUT2D eigenvalue weighted by molar-refractivity contribution is -0.131. The van der Waals surface area contributed by atoms with Crippen LogP contribution in [-0.2, 0) is 4.79 Å². The summed E-state index contributed by atoms with van der Waals surface area (Å²) in [4.78, 5) is 27.9. The molecule has 114 valence electrons. The van der Waals surface area contributed by atoms with Crippen LogP contribution in [0.25, 0.3) is 6.08 Å². The molecule has 2 heterocycles. The summed E-state index contributed by atoms with van der Waals surface area (Å²) in [5, 5.41) is 10.4. The Morgan fingerprint density at radius 1 is 1.38 bits per heavy atom. The van der Waals surface area contributed by atoms with E-state index in [0.29, 0.717) is 12.1 Å². The summed E-state index contributed by atoms with van der Waals surface area (Å²) < 4.78 is 0. The molecule has 0 aliphatic carbocycles. The molecule has 0 radical (unpaired) electrons. The van der Waals surface area contributed by atoms with Gasteiger partial charge < -0.3 is 10.0 Å².